The molecule has 5 aliphatic rings. The second kappa shape index (κ2) is 11.8. The zero-order chi connectivity index (χ0) is 30.6. The molecule has 0 aromatic carbocycles. The van der Waals surface area contributed by atoms with E-state index in [0.29, 0.717) is 37.5 Å². The lowest BCUT2D eigenvalue weighted by atomic mass is 9.43. The van der Waals surface area contributed by atoms with E-state index in [1.54, 1.807) is 6.92 Å². The van der Waals surface area contributed by atoms with Crippen molar-refractivity contribution in [3.8, 4) is 0 Å². The average Bonchev–Trinajstić information content (AvgIpc) is 3.52. The quantitative estimate of drug-likeness (QED) is 0.109. The van der Waals surface area contributed by atoms with Crippen LogP contribution in [-0.4, -0.2) is 78.7 Å². The number of carboxylic acid groups (broad SMARTS) is 1. The lowest BCUT2D eigenvalue weighted by Gasteiger charge is -2.58. The number of fused-ring (bicyclic) bond motifs is 2. The molecule has 4 fully saturated rings. The highest BCUT2D eigenvalue weighted by Gasteiger charge is 2.84. The van der Waals surface area contributed by atoms with Gasteiger partial charge in [0.25, 0.3) is 0 Å². The molecule has 0 amide bonds. The number of rotatable bonds is 12. The van der Waals surface area contributed by atoms with Gasteiger partial charge in [-0.25, -0.2) is 0 Å². The Hall–Kier alpha value is -1.52. The number of aliphatic hydroxyl groups excluding tert-OH is 1. The number of alkyl halides is 1. The zero-order valence-electron chi connectivity index (χ0n) is 25.4. The van der Waals surface area contributed by atoms with Crippen LogP contribution in [0.25, 0.3) is 0 Å². The Bertz CT molecular complexity index is 1090. The van der Waals surface area contributed by atoms with Crippen molar-refractivity contribution >= 4 is 29.8 Å². The Morgan fingerprint density at radius 3 is 2.55 bits per heavy atom. The van der Waals surface area contributed by atoms with Gasteiger partial charge in [-0.3, -0.25) is 9.59 Å². The second-order valence-electron chi connectivity index (χ2n) is 13.8. The van der Waals surface area contributed by atoms with Crippen molar-refractivity contribution in [2.24, 2.45) is 45.8 Å². The number of aldehydes is 1. The van der Waals surface area contributed by atoms with Crippen LogP contribution in [0.4, 0.5) is 0 Å². The minimum atomic E-state index is -1.39. The van der Waals surface area contributed by atoms with Crippen LogP contribution in [0.3, 0.4) is 0 Å². The molecule has 0 aromatic rings. The van der Waals surface area contributed by atoms with Gasteiger partial charge in [0.15, 0.2) is 12.4 Å². The summed E-state index contributed by atoms with van der Waals surface area (Å²) in [6.07, 6.45) is 2.63. The summed E-state index contributed by atoms with van der Waals surface area (Å²) >= 11 is 5.74. The van der Waals surface area contributed by atoms with Crippen LogP contribution in [0.2, 0.25) is 0 Å². The third-order valence-corrected chi connectivity index (χ3v) is 11.9. The first-order valence-electron chi connectivity index (χ1n) is 15.6. The van der Waals surface area contributed by atoms with Crippen molar-refractivity contribution < 1.29 is 43.5 Å². The van der Waals surface area contributed by atoms with E-state index in [9.17, 15) is 24.6 Å². The maximum Gasteiger partial charge on any atom is 0.315 e. The normalized spacial score (nSPS) is 45.5. The highest BCUT2D eigenvalue weighted by molar-refractivity contribution is 6.17. The van der Waals surface area contributed by atoms with E-state index in [1.165, 1.54) is 7.11 Å². The summed E-state index contributed by atoms with van der Waals surface area (Å²) in [5.74, 6) is -0.571. The number of esters is 1. The number of unbranched alkanes of at least 4 members (excludes halogenated alkanes) is 1. The molecule has 5 unspecified atom stereocenters. The fraction of sp³-hybridized carbons (Fsp3) is 0.844. The Morgan fingerprint density at radius 2 is 1.93 bits per heavy atom. The number of carbonyl (C=O) groups is 3. The summed E-state index contributed by atoms with van der Waals surface area (Å²) in [5.41, 5.74) is -2.43. The molecule has 236 valence electrons. The molecular weight excluding hydrogens is 564 g/mol. The standard InChI is InChI=1S/C32H47ClO9/c1-17(2)23-12-20-13-30(15-34)22-10-9-18(3)21(22)14-31(20,32(23,30)29(37)38)16-40-28-25(36)27(26(39-5)19(4)41-28)42-24(35)8-6-7-11-33/h12,15,17-22,25-28,36H,6-11,13-14,16H2,1-5H3,(H,37,38)/t18-,19-,20?,21-,22-,25?,26-,27+,28-,30?,31?,32?/m1/s1. The molecule has 4 bridgehead atoms. The topological polar surface area (TPSA) is 129 Å². The number of hydrogen-bond acceptors (Lipinski definition) is 8. The van der Waals surface area contributed by atoms with Gasteiger partial charge in [-0.2, -0.15) is 0 Å². The number of carbonyl (C=O) groups excluding carboxylic acids is 2. The van der Waals surface area contributed by atoms with E-state index < -0.39 is 58.9 Å². The van der Waals surface area contributed by atoms with Crippen LogP contribution in [0, 0.1) is 45.8 Å². The minimum absolute atomic E-state index is 0.00466. The molecule has 0 radical (unpaired) electrons. The van der Waals surface area contributed by atoms with Gasteiger partial charge in [-0.15, -0.1) is 11.6 Å². The van der Waals surface area contributed by atoms with E-state index in [1.807, 2.05) is 13.8 Å². The van der Waals surface area contributed by atoms with Crippen molar-refractivity contribution in [1.29, 1.82) is 0 Å². The number of methoxy groups -OCH3 is 1. The monoisotopic (exact) mass is 610 g/mol. The maximum absolute atomic E-state index is 13.7. The molecule has 2 N–H and O–H groups in total. The minimum Gasteiger partial charge on any atom is -0.481 e. The fourth-order valence-corrected chi connectivity index (χ4v) is 10.2. The molecule has 1 aliphatic heterocycles. The number of carboxylic acids is 1. The van der Waals surface area contributed by atoms with Crippen molar-refractivity contribution in [2.45, 2.75) is 103 Å². The predicted molar refractivity (Wildman–Crippen MR) is 154 cm³/mol. The summed E-state index contributed by atoms with van der Waals surface area (Å²) < 4.78 is 23.8. The molecule has 12 atom stereocenters. The molecular formula is C32H47ClO9. The van der Waals surface area contributed by atoms with Crippen LogP contribution in [0.5, 0.6) is 0 Å². The summed E-state index contributed by atoms with van der Waals surface area (Å²) in [7, 11) is 1.47. The van der Waals surface area contributed by atoms with Crippen LogP contribution in [0.1, 0.15) is 72.6 Å². The smallest absolute Gasteiger partial charge is 0.315 e. The predicted octanol–water partition coefficient (Wildman–Crippen LogP) is 4.37. The number of allylic oxidation sites excluding steroid dienone is 1. The highest BCUT2D eigenvalue weighted by Crippen LogP contribution is 2.82. The fourth-order valence-electron chi connectivity index (χ4n) is 10.0. The zero-order valence-corrected chi connectivity index (χ0v) is 26.2. The molecule has 0 aromatic heterocycles. The van der Waals surface area contributed by atoms with Crippen LogP contribution in [-0.2, 0) is 33.3 Å². The van der Waals surface area contributed by atoms with Crippen LogP contribution in [0.15, 0.2) is 11.6 Å². The third kappa shape index (κ3) is 4.35. The molecule has 0 spiro atoms. The molecule has 1 heterocycles. The van der Waals surface area contributed by atoms with E-state index in [4.69, 9.17) is 30.5 Å². The number of halogens is 1. The number of aliphatic hydroxyl groups is 1. The highest BCUT2D eigenvalue weighted by atomic mass is 35.5. The van der Waals surface area contributed by atoms with E-state index in [0.717, 1.165) is 24.7 Å². The van der Waals surface area contributed by atoms with Gasteiger partial charge in [-0.05, 0) is 68.6 Å². The first kappa shape index (κ1) is 31.9. The molecule has 4 aliphatic carbocycles. The first-order chi connectivity index (χ1) is 19.9. The number of ether oxygens (including phenoxy) is 4. The van der Waals surface area contributed by atoms with E-state index in [-0.39, 0.29) is 36.7 Å². The summed E-state index contributed by atoms with van der Waals surface area (Å²) in [4.78, 5) is 39.5. The molecule has 9 nitrogen and oxygen atoms in total. The second-order valence-corrected chi connectivity index (χ2v) is 14.2. The van der Waals surface area contributed by atoms with Crippen LogP contribution >= 0.6 is 11.6 Å². The van der Waals surface area contributed by atoms with Crippen molar-refractivity contribution in [3.63, 3.8) is 0 Å². The van der Waals surface area contributed by atoms with Crippen LogP contribution < -0.4 is 0 Å². The van der Waals surface area contributed by atoms with Gasteiger partial charge < -0.3 is 34.0 Å². The lowest BCUT2D eigenvalue weighted by Crippen LogP contribution is -2.64. The van der Waals surface area contributed by atoms with E-state index in [2.05, 4.69) is 13.0 Å². The summed E-state index contributed by atoms with van der Waals surface area (Å²) in [6.45, 7) is 7.98. The molecule has 5 rings (SSSR count). The Kier molecular flexibility index (Phi) is 8.94. The molecule has 10 heteroatoms. The average molecular weight is 611 g/mol. The Labute approximate surface area is 253 Å². The number of aliphatic carboxylic acids is 1. The van der Waals surface area contributed by atoms with Gasteiger partial charge >= 0.3 is 11.9 Å². The summed E-state index contributed by atoms with van der Waals surface area (Å²) in [6, 6.07) is 0. The Balaban J connectivity index is 1.46. The SMILES string of the molecule is CO[C@@H]1[C@@H](C)O[C@@H](OCC23C[C@@H]4[C@H](C)CC[C@H]4C4(C=O)CC2C=C(C(C)C)C34C(=O)O)C(O)[C@@H]1OC(=O)CCCCCl. The van der Waals surface area contributed by atoms with Gasteiger partial charge in [-0.1, -0.05) is 38.8 Å². The molecule has 1 saturated heterocycles. The third-order valence-electron chi connectivity index (χ3n) is 11.7. The lowest BCUT2D eigenvalue weighted by molar-refractivity contribution is -0.309. The van der Waals surface area contributed by atoms with Gasteiger partial charge in [0.2, 0.25) is 0 Å². The van der Waals surface area contributed by atoms with Crippen molar-refractivity contribution in [3.05, 3.63) is 11.6 Å². The van der Waals surface area contributed by atoms with Gasteiger partial charge in [0, 0.05) is 24.8 Å². The Morgan fingerprint density at radius 1 is 1.19 bits per heavy atom. The van der Waals surface area contributed by atoms with Gasteiger partial charge in [0.1, 0.15) is 23.9 Å². The molecule has 3 saturated carbocycles. The van der Waals surface area contributed by atoms with Crippen molar-refractivity contribution in [1.82, 2.24) is 0 Å². The van der Waals surface area contributed by atoms with Gasteiger partial charge in [0.05, 0.1) is 18.1 Å². The maximum atomic E-state index is 13.7. The largest absolute Gasteiger partial charge is 0.481 e. The first-order valence-corrected chi connectivity index (χ1v) is 16.1. The molecule has 42 heavy (non-hydrogen) atoms. The van der Waals surface area contributed by atoms with E-state index >= 15 is 0 Å². The number of hydrogen-bond donors (Lipinski definition) is 2. The summed E-state index contributed by atoms with van der Waals surface area (Å²) in [5, 5.41) is 22.6. The van der Waals surface area contributed by atoms with Crippen molar-refractivity contribution in [2.75, 3.05) is 19.6 Å².